The van der Waals surface area contributed by atoms with Gasteiger partial charge in [0, 0.05) is 19.8 Å². The number of hydrogen-bond acceptors (Lipinski definition) is 1. The lowest BCUT2D eigenvalue weighted by atomic mass is 10.1. The SMILES string of the molecule is Cc1ccc(NC(=O)c2ccc(C)c(I)c2)cc1Cl. The van der Waals surface area contributed by atoms with E-state index in [1.807, 2.05) is 44.2 Å². The monoisotopic (exact) mass is 385 g/mol. The van der Waals surface area contributed by atoms with Gasteiger partial charge in [-0.05, 0) is 71.8 Å². The summed E-state index contributed by atoms with van der Waals surface area (Å²) in [4.78, 5) is 12.1. The van der Waals surface area contributed by atoms with Gasteiger partial charge in [0.05, 0.1) is 0 Å². The lowest BCUT2D eigenvalue weighted by Gasteiger charge is -2.08. The minimum atomic E-state index is -0.127. The molecule has 0 radical (unpaired) electrons. The predicted molar refractivity (Wildman–Crippen MR) is 88.0 cm³/mol. The fourth-order valence-corrected chi connectivity index (χ4v) is 2.30. The number of benzene rings is 2. The first-order chi connectivity index (χ1) is 8.97. The van der Waals surface area contributed by atoms with E-state index in [1.165, 1.54) is 0 Å². The summed E-state index contributed by atoms with van der Waals surface area (Å²) in [5.41, 5.74) is 3.50. The number of rotatable bonds is 2. The van der Waals surface area contributed by atoms with Crippen molar-refractivity contribution in [2.24, 2.45) is 0 Å². The van der Waals surface area contributed by atoms with Crippen LogP contribution in [0.2, 0.25) is 5.02 Å². The highest BCUT2D eigenvalue weighted by Crippen LogP contribution is 2.21. The third kappa shape index (κ3) is 3.48. The Kier molecular flexibility index (Phi) is 4.47. The minimum Gasteiger partial charge on any atom is -0.322 e. The Balaban J connectivity index is 2.20. The summed E-state index contributed by atoms with van der Waals surface area (Å²) in [6.45, 7) is 3.94. The molecular weight excluding hydrogens is 373 g/mol. The molecule has 0 bridgehead atoms. The van der Waals surface area contributed by atoms with Gasteiger partial charge < -0.3 is 5.32 Å². The summed E-state index contributed by atoms with van der Waals surface area (Å²) in [5.74, 6) is -0.127. The van der Waals surface area contributed by atoms with E-state index in [2.05, 4.69) is 27.9 Å². The largest absolute Gasteiger partial charge is 0.322 e. The topological polar surface area (TPSA) is 29.1 Å². The quantitative estimate of drug-likeness (QED) is 0.738. The lowest BCUT2D eigenvalue weighted by Crippen LogP contribution is -2.12. The maximum Gasteiger partial charge on any atom is 0.255 e. The summed E-state index contributed by atoms with van der Waals surface area (Å²) in [6.07, 6.45) is 0. The molecular formula is C15H13ClINO. The second kappa shape index (κ2) is 5.92. The number of carbonyl (C=O) groups excluding carboxylic acids is 1. The van der Waals surface area contributed by atoms with E-state index in [0.717, 1.165) is 14.7 Å². The van der Waals surface area contributed by atoms with Crippen LogP contribution in [0, 0.1) is 17.4 Å². The molecule has 0 saturated carbocycles. The standard InChI is InChI=1S/C15H13ClINO/c1-9-4-6-12(8-13(9)16)18-15(19)11-5-3-10(2)14(17)7-11/h3-8H,1-2H3,(H,18,19). The summed E-state index contributed by atoms with van der Waals surface area (Å²) in [7, 11) is 0. The number of carbonyl (C=O) groups is 1. The van der Waals surface area contributed by atoms with Crippen molar-refractivity contribution in [3.05, 3.63) is 61.7 Å². The average molecular weight is 386 g/mol. The molecule has 2 nitrogen and oxygen atoms in total. The van der Waals surface area contributed by atoms with Gasteiger partial charge >= 0.3 is 0 Å². The molecule has 1 N–H and O–H groups in total. The first-order valence-corrected chi connectivity index (χ1v) is 7.26. The molecule has 0 spiro atoms. The summed E-state index contributed by atoms with van der Waals surface area (Å²) < 4.78 is 1.08. The van der Waals surface area contributed by atoms with Crippen molar-refractivity contribution < 1.29 is 4.79 Å². The van der Waals surface area contributed by atoms with Crippen molar-refractivity contribution in [3.63, 3.8) is 0 Å². The molecule has 0 atom stereocenters. The van der Waals surface area contributed by atoms with Crippen LogP contribution in [0.1, 0.15) is 21.5 Å². The maximum absolute atomic E-state index is 12.1. The summed E-state index contributed by atoms with van der Waals surface area (Å²) in [5, 5.41) is 3.50. The van der Waals surface area contributed by atoms with Crippen LogP contribution in [0.25, 0.3) is 0 Å². The van der Waals surface area contributed by atoms with Crippen molar-refractivity contribution >= 4 is 45.8 Å². The van der Waals surface area contributed by atoms with Crippen LogP contribution in [0.3, 0.4) is 0 Å². The van der Waals surface area contributed by atoms with Crippen molar-refractivity contribution in [1.82, 2.24) is 0 Å². The average Bonchev–Trinajstić information content (AvgIpc) is 2.37. The third-order valence-corrected chi connectivity index (χ3v) is 4.43. The normalized spacial score (nSPS) is 10.3. The van der Waals surface area contributed by atoms with E-state index >= 15 is 0 Å². The molecule has 2 aromatic rings. The number of anilines is 1. The van der Waals surface area contributed by atoms with Gasteiger partial charge in [0.2, 0.25) is 0 Å². The van der Waals surface area contributed by atoms with Crippen molar-refractivity contribution in [3.8, 4) is 0 Å². The lowest BCUT2D eigenvalue weighted by molar-refractivity contribution is 0.102. The van der Waals surface area contributed by atoms with Gasteiger partial charge in [-0.15, -0.1) is 0 Å². The molecule has 0 heterocycles. The van der Waals surface area contributed by atoms with Crippen molar-refractivity contribution in [1.29, 1.82) is 0 Å². The van der Waals surface area contributed by atoms with Gasteiger partial charge in [-0.25, -0.2) is 0 Å². The summed E-state index contributed by atoms with van der Waals surface area (Å²) in [6, 6.07) is 11.1. The number of halogens is 2. The molecule has 2 aromatic carbocycles. The van der Waals surface area contributed by atoms with E-state index in [4.69, 9.17) is 11.6 Å². The molecule has 19 heavy (non-hydrogen) atoms. The Labute approximate surface area is 131 Å². The molecule has 0 aliphatic heterocycles. The molecule has 0 aromatic heterocycles. The molecule has 98 valence electrons. The highest BCUT2D eigenvalue weighted by molar-refractivity contribution is 14.1. The van der Waals surface area contributed by atoms with Gasteiger partial charge in [-0.2, -0.15) is 0 Å². The van der Waals surface area contributed by atoms with Crippen LogP contribution < -0.4 is 5.32 Å². The predicted octanol–water partition coefficient (Wildman–Crippen LogP) is 4.81. The van der Waals surface area contributed by atoms with E-state index in [0.29, 0.717) is 16.3 Å². The highest BCUT2D eigenvalue weighted by atomic mass is 127. The number of hydrogen-bond donors (Lipinski definition) is 1. The third-order valence-electron chi connectivity index (χ3n) is 2.86. The van der Waals surface area contributed by atoms with Gasteiger partial charge in [0.25, 0.3) is 5.91 Å². The van der Waals surface area contributed by atoms with Gasteiger partial charge in [-0.1, -0.05) is 23.7 Å². The first-order valence-electron chi connectivity index (χ1n) is 5.81. The Morgan fingerprint density at radius 3 is 2.42 bits per heavy atom. The van der Waals surface area contributed by atoms with E-state index in [-0.39, 0.29) is 5.91 Å². The van der Waals surface area contributed by atoms with Crippen molar-refractivity contribution in [2.45, 2.75) is 13.8 Å². The van der Waals surface area contributed by atoms with Gasteiger partial charge in [-0.3, -0.25) is 4.79 Å². The molecule has 1 amide bonds. The fourth-order valence-electron chi connectivity index (χ4n) is 1.61. The van der Waals surface area contributed by atoms with Gasteiger partial charge in [0.15, 0.2) is 0 Å². The van der Waals surface area contributed by atoms with E-state index < -0.39 is 0 Å². The van der Waals surface area contributed by atoms with Crippen LogP contribution in [-0.2, 0) is 0 Å². The van der Waals surface area contributed by atoms with Crippen LogP contribution in [-0.4, -0.2) is 5.91 Å². The van der Waals surface area contributed by atoms with Crippen LogP contribution in [0.5, 0.6) is 0 Å². The number of amides is 1. The molecule has 0 aliphatic rings. The molecule has 0 fully saturated rings. The molecule has 0 unspecified atom stereocenters. The van der Waals surface area contributed by atoms with Gasteiger partial charge in [0.1, 0.15) is 0 Å². The maximum atomic E-state index is 12.1. The van der Waals surface area contributed by atoms with E-state index in [9.17, 15) is 4.79 Å². The minimum absolute atomic E-state index is 0.127. The second-order valence-electron chi connectivity index (χ2n) is 4.38. The van der Waals surface area contributed by atoms with Crippen molar-refractivity contribution in [2.75, 3.05) is 5.32 Å². The van der Waals surface area contributed by atoms with Crippen LogP contribution in [0.15, 0.2) is 36.4 Å². The zero-order valence-corrected chi connectivity index (χ0v) is 13.5. The van der Waals surface area contributed by atoms with Crippen LogP contribution in [0.4, 0.5) is 5.69 Å². The Bertz CT molecular complexity index is 640. The second-order valence-corrected chi connectivity index (χ2v) is 5.95. The molecule has 0 saturated heterocycles. The van der Waals surface area contributed by atoms with Crippen LogP contribution >= 0.6 is 34.2 Å². The summed E-state index contributed by atoms with van der Waals surface area (Å²) >= 11 is 8.26. The zero-order chi connectivity index (χ0) is 14.0. The molecule has 2 rings (SSSR count). The molecule has 0 aliphatic carbocycles. The smallest absolute Gasteiger partial charge is 0.255 e. The van der Waals surface area contributed by atoms with E-state index in [1.54, 1.807) is 6.07 Å². The first kappa shape index (κ1) is 14.3. The Hall–Kier alpha value is -1.07. The number of aryl methyl sites for hydroxylation is 2. The molecule has 4 heteroatoms. The highest BCUT2D eigenvalue weighted by Gasteiger charge is 2.08. The zero-order valence-electron chi connectivity index (χ0n) is 10.6. The fraction of sp³-hybridized carbons (Fsp3) is 0.133. The Morgan fingerprint density at radius 1 is 1.11 bits per heavy atom. The Morgan fingerprint density at radius 2 is 1.79 bits per heavy atom. The number of nitrogens with one attached hydrogen (secondary N) is 1.